The number of hydrogen-bond acceptors (Lipinski definition) is 2. The number of alkyl halides is 1. The van der Waals surface area contributed by atoms with Gasteiger partial charge in [0.1, 0.15) is 5.75 Å². The van der Waals surface area contributed by atoms with Crippen LogP contribution in [0.5, 0.6) is 5.75 Å². The minimum absolute atomic E-state index is 0.0573. The lowest BCUT2D eigenvalue weighted by Gasteiger charge is -2.19. The average Bonchev–Trinajstić information content (AvgIpc) is 2.26. The molecule has 0 atom stereocenters. The number of halogens is 1. The fourth-order valence-electron chi connectivity index (χ4n) is 1.29. The summed E-state index contributed by atoms with van der Waals surface area (Å²) >= 11 is 5.60. The molecule has 0 bridgehead atoms. The van der Waals surface area contributed by atoms with Gasteiger partial charge in [-0.15, -0.1) is 11.6 Å². The summed E-state index contributed by atoms with van der Waals surface area (Å²) in [5.74, 6) is 0.530. The van der Waals surface area contributed by atoms with E-state index in [0.717, 1.165) is 0 Å². The molecule has 3 nitrogen and oxygen atoms in total. The van der Waals surface area contributed by atoms with Gasteiger partial charge in [-0.2, -0.15) is 0 Å². The summed E-state index contributed by atoms with van der Waals surface area (Å²) in [5, 5.41) is 9.09. The third-order valence-electron chi connectivity index (χ3n) is 2.14. The van der Waals surface area contributed by atoms with Gasteiger partial charge in [-0.1, -0.05) is 0 Å². The molecule has 4 heteroatoms. The van der Waals surface area contributed by atoms with Gasteiger partial charge in [0.2, 0.25) is 0 Å². The Morgan fingerprint density at radius 3 is 2.47 bits per heavy atom. The molecule has 1 amide bonds. The van der Waals surface area contributed by atoms with Crippen LogP contribution in [0.2, 0.25) is 0 Å². The summed E-state index contributed by atoms with van der Waals surface area (Å²) in [6, 6.07) is 6.21. The van der Waals surface area contributed by atoms with Crippen molar-refractivity contribution in [1.29, 1.82) is 0 Å². The zero-order chi connectivity index (χ0) is 11.3. The second-order valence-corrected chi connectivity index (χ2v) is 3.50. The van der Waals surface area contributed by atoms with E-state index in [1.54, 1.807) is 17.0 Å². The van der Waals surface area contributed by atoms with Crippen LogP contribution in [0.4, 0.5) is 0 Å². The minimum atomic E-state index is -0.0573. The fourth-order valence-corrected chi connectivity index (χ4v) is 1.50. The minimum Gasteiger partial charge on any atom is -0.508 e. The number of carbonyl (C=O) groups excluding carboxylic acids is 1. The largest absolute Gasteiger partial charge is 0.508 e. The number of benzene rings is 1. The molecule has 0 radical (unpaired) electrons. The van der Waals surface area contributed by atoms with Crippen LogP contribution in [0.1, 0.15) is 17.3 Å². The van der Waals surface area contributed by atoms with E-state index >= 15 is 0 Å². The molecule has 0 aliphatic heterocycles. The van der Waals surface area contributed by atoms with E-state index in [4.69, 9.17) is 16.7 Å². The highest BCUT2D eigenvalue weighted by Crippen LogP contribution is 2.11. The van der Waals surface area contributed by atoms with E-state index in [2.05, 4.69) is 0 Å². The molecule has 1 rings (SSSR count). The van der Waals surface area contributed by atoms with Crippen LogP contribution in [0, 0.1) is 0 Å². The number of hydrogen-bond donors (Lipinski definition) is 1. The van der Waals surface area contributed by atoms with Gasteiger partial charge in [-0.3, -0.25) is 4.79 Å². The van der Waals surface area contributed by atoms with E-state index in [1.807, 2.05) is 6.92 Å². The zero-order valence-corrected chi connectivity index (χ0v) is 9.37. The molecule has 0 aliphatic carbocycles. The third kappa shape index (κ3) is 3.13. The summed E-state index contributed by atoms with van der Waals surface area (Å²) < 4.78 is 0. The van der Waals surface area contributed by atoms with Gasteiger partial charge in [0, 0.05) is 24.5 Å². The van der Waals surface area contributed by atoms with E-state index in [1.165, 1.54) is 12.1 Å². The highest BCUT2D eigenvalue weighted by atomic mass is 35.5. The van der Waals surface area contributed by atoms with Crippen LogP contribution in [0.15, 0.2) is 24.3 Å². The first-order valence-electron chi connectivity index (χ1n) is 4.83. The maximum absolute atomic E-state index is 11.9. The van der Waals surface area contributed by atoms with Crippen LogP contribution >= 0.6 is 11.6 Å². The summed E-state index contributed by atoms with van der Waals surface area (Å²) in [6.07, 6.45) is 0. The summed E-state index contributed by atoms with van der Waals surface area (Å²) in [7, 11) is 0. The SMILES string of the molecule is CCN(CCCl)C(=O)c1ccc(O)cc1. The Bertz CT molecular complexity index is 324. The van der Waals surface area contributed by atoms with Crippen molar-refractivity contribution in [2.75, 3.05) is 19.0 Å². The number of nitrogens with zero attached hydrogens (tertiary/aromatic N) is 1. The van der Waals surface area contributed by atoms with Gasteiger partial charge in [-0.25, -0.2) is 0 Å². The normalized spacial score (nSPS) is 10.0. The summed E-state index contributed by atoms with van der Waals surface area (Å²) in [6.45, 7) is 3.08. The molecule has 1 aromatic carbocycles. The maximum atomic E-state index is 11.9. The lowest BCUT2D eigenvalue weighted by atomic mass is 10.2. The zero-order valence-electron chi connectivity index (χ0n) is 8.61. The van der Waals surface area contributed by atoms with Crippen molar-refractivity contribution < 1.29 is 9.90 Å². The van der Waals surface area contributed by atoms with Crippen molar-refractivity contribution in [3.05, 3.63) is 29.8 Å². The number of phenolic OH excluding ortho intramolecular Hbond substituents is 1. The van der Waals surface area contributed by atoms with Crippen LogP contribution in [-0.4, -0.2) is 34.9 Å². The Balaban J connectivity index is 2.78. The monoisotopic (exact) mass is 227 g/mol. The quantitative estimate of drug-likeness (QED) is 0.801. The highest BCUT2D eigenvalue weighted by Gasteiger charge is 2.12. The van der Waals surface area contributed by atoms with Crippen LogP contribution < -0.4 is 0 Å². The molecule has 0 fully saturated rings. The average molecular weight is 228 g/mol. The van der Waals surface area contributed by atoms with Crippen molar-refractivity contribution in [3.8, 4) is 5.75 Å². The molecular formula is C11H14ClNO2. The molecule has 1 N–H and O–H groups in total. The number of aromatic hydroxyl groups is 1. The molecule has 0 saturated carbocycles. The predicted octanol–water partition coefficient (Wildman–Crippen LogP) is 2.09. The van der Waals surface area contributed by atoms with E-state index in [0.29, 0.717) is 24.5 Å². The van der Waals surface area contributed by atoms with Gasteiger partial charge in [0.25, 0.3) is 5.91 Å². The van der Waals surface area contributed by atoms with Crippen LogP contribution in [0.3, 0.4) is 0 Å². The third-order valence-corrected chi connectivity index (χ3v) is 2.31. The Hall–Kier alpha value is -1.22. The molecule has 0 aliphatic rings. The predicted molar refractivity (Wildman–Crippen MR) is 60.4 cm³/mol. The lowest BCUT2D eigenvalue weighted by molar-refractivity contribution is 0.0774. The molecule has 82 valence electrons. The van der Waals surface area contributed by atoms with Gasteiger partial charge < -0.3 is 10.0 Å². The van der Waals surface area contributed by atoms with Crippen molar-refractivity contribution in [3.63, 3.8) is 0 Å². The maximum Gasteiger partial charge on any atom is 0.253 e. The number of amides is 1. The first-order chi connectivity index (χ1) is 7.19. The fraction of sp³-hybridized carbons (Fsp3) is 0.364. The van der Waals surface area contributed by atoms with Crippen molar-refractivity contribution in [2.45, 2.75) is 6.92 Å². The standard InChI is InChI=1S/C11H14ClNO2/c1-2-13(8-7-12)11(15)9-3-5-10(14)6-4-9/h3-6,14H,2,7-8H2,1H3. The molecule has 15 heavy (non-hydrogen) atoms. The second-order valence-electron chi connectivity index (χ2n) is 3.12. The second kappa shape index (κ2) is 5.61. The van der Waals surface area contributed by atoms with E-state index < -0.39 is 0 Å². The molecule has 0 spiro atoms. The summed E-state index contributed by atoms with van der Waals surface area (Å²) in [5.41, 5.74) is 0.569. The molecule has 0 saturated heterocycles. The summed E-state index contributed by atoms with van der Waals surface area (Å²) in [4.78, 5) is 13.5. The number of rotatable bonds is 4. The Morgan fingerprint density at radius 2 is 2.00 bits per heavy atom. The van der Waals surface area contributed by atoms with Crippen molar-refractivity contribution in [2.24, 2.45) is 0 Å². The van der Waals surface area contributed by atoms with E-state index in [9.17, 15) is 4.79 Å². The molecular weight excluding hydrogens is 214 g/mol. The van der Waals surface area contributed by atoms with Gasteiger partial charge in [0.05, 0.1) is 0 Å². The molecule has 0 heterocycles. The van der Waals surface area contributed by atoms with Gasteiger partial charge >= 0.3 is 0 Å². The molecule has 0 unspecified atom stereocenters. The molecule has 1 aromatic rings. The lowest BCUT2D eigenvalue weighted by Crippen LogP contribution is -2.32. The first-order valence-corrected chi connectivity index (χ1v) is 5.36. The Morgan fingerprint density at radius 1 is 1.40 bits per heavy atom. The first kappa shape index (κ1) is 11.9. The van der Waals surface area contributed by atoms with Gasteiger partial charge in [0.15, 0.2) is 0 Å². The molecule has 0 aromatic heterocycles. The number of carbonyl (C=O) groups is 1. The Labute approximate surface area is 94.3 Å². The van der Waals surface area contributed by atoms with Gasteiger partial charge in [-0.05, 0) is 31.2 Å². The van der Waals surface area contributed by atoms with Crippen molar-refractivity contribution >= 4 is 17.5 Å². The van der Waals surface area contributed by atoms with Crippen LogP contribution in [-0.2, 0) is 0 Å². The topological polar surface area (TPSA) is 40.5 Å². The smallest absolute Gasteiger partial charge is 0.253 e. The highest BCUT2D eigenvalue weighted by molar-refractivity contribution is 6.18. The number of phenols is 1. The van der Waals surface area contributed by atoms with E-state index in [-0.39, 0.29) is 11.7 Å². The Kier molecular flexibility index (Phi) is 4.43. The van der Waals surface area contributed by atoms with Crippen molar-refractivity contribution in [1.82, 2.24) is 4.90 Å². The van der Waals surface area contributed by atoms with Crippen LogP contribution in [0.25, 0.3) is 0 Å².